The lowest BCUT2D eigenvalue weighted by atomic mass is 10.1. The maximum Gasteiger partial charge on any atom is 0.223 e. The summed E-state index contributed by atoms with van der Waals surface area (Å²) in [7, 11) is 0. The van der Waals surface area contributed by atoms with E-state index >= 15 is 0 Å². The highest BCUT2D eigenvalue weighted by molar-refractivity contribution is 5.88. The SMILES string of the molecule is O=C1CC(c2nc3ccccc3n2CCCOc2cccc3ccccc23)CN1Cc1ccccc1. The average molecular weight is 476 g/mol. The molecule has 1 amide bonds. The van der Waals surface area contributed by atoms with E-state index in [9.17, 15) is 4.79 Å². The fourth-order valence-electron chi connectivity index (χ4n) is 5.27. The summed E-state index contributed by atoms with van der Waals surface area (Å²) in [6, 6.07) is 32.9. The predicted molar refractivity (Wildman–Crippen MR) is 143 cm³/mol. The number of ether oxygens (including phenoxy) is 1. The average Bonchev–Trinajstić information content (AvgIpc) is 3.47. The second-order valence-corrected chi connectivity index (χ2v) is 9.45. The molecule has 0 aliphatic carbocycles. The zero-order valence-electron chi connectivity index (χ0n) is 20.2. The first-order valence-corrected chi connectivity index (χ1v) is 12.6. The summed E-state index contributed by atoms with van der Waals surface area (Å²) in [5.74, 6) is 2.21. The predicted octanol–water partition coefficient (Wildman–Crippen LogP) is 6.17. The highest BCUT2D eigenvalue weighted by Gasteiger charge is 2.33. The minimum atomic E-state index is 0.0904. The van der Waals surface area contributed by atoms with Crippen molar-refractivity contribution in [3.05, 3.63) is 108 Å². The fraction of sp³-hybridized carbons (Fsp3) is 0.226. The minimum absolute atomic E-state index is 0.0904. The summed E-state index contributed by atoms with van der Waals surface area (Å²) >= 11 is 0. The van der Waals surface area contributed by atoms with Gasteiger partial charge in [-0.1, -0.05) is 78.9 Å². The first-order chi connectivity index (χ1) is 17.8. The Morgan fingerprint density at radius 3 is 2.56 bits per heavy atom. The second-order valence-electron chi connectivity index (χ2n) is 9.45. The highest BCUT2D eigenvalue weighted by atomic mass is 16.5. The van der Waals surface area contributed by atoms with E-state index in [2.05, 4.69) is 53.1 Å². The van der Waals surface area contributed by atoms with E-state index in [1.807, 2.05) is 53.4 Å². The summed E-state index contributed by atoms with van der Waals surface area (Å²) in [4.78, 5) is 19.8. The third-order valence-corrected chi connectivity index (χ3v) is 7.01. The lowest BCUT2D eigenvalue weighted by Gasteiger charge is -2.17. The fourth-order valence-corrected chi connectivity index (χ4v) is 5.27. The maximum atomic E-state index is 12.9. The van der Waals surface area contributed by atoms with Gasteiger partial charge in [-0.05, 0) is 35.6 Å². The summed E-state index contributed by atoms with van der Waals surface area (Å²) < 4.78 is 8.50. The molecule has 5 aromatic rings. The molecule has 1 aliphatic heterocycles. The number of likely N-dealkylation sites (tertiary alicyclic amines) is 1. The molecule has 180 valence electrons. The number of hydrogen-bond donors (Lipinski definition) is 0. The Balaban J connectivity index is 1.18. The molecule has 0 spiro atoms. The molecule has 1 aromatic heterocycles. The van der Waals surface area contributed by atoms with Gasteiger partial charge in [0, 0.05) is 37.4 Å². The number of rotatable bonds is 8. The van der Waals surface area contributed by atoms with Crippen LogP contribution in [-0.4, -0.2) is 33.5 Å². The lowest BCUT2D eigenvalue weighted by molar-refractivity contribution is -0.128. The summed E-state index contributed by atoms with van der Waals surface area (Å²) in [5.41, 5.74) is 3.26. The smallest absolute Gasteiger partial charge is 0.223 e. The molecule has 1 fully saturated rings. The monoisotopic (exact) mass is 475 g/mol. The zero-order valence-corrected chi connectivity index (χ0v) is 20.2. The van der Waals surface area contributed by atoms with E-state index in [-0.39, 0.29) is 11.8 Å². The van der Waals surface area contributed by atoms with Crippen molar-refractivity contribution in [2.24, 2.45) is 0 Å². The molecule has 0 saturated carbocycles. The van der Waals surface area contributed by atoms with E-state index in [0.717, 1.165) is 46.5 Å². The maximum absolute atomic E-state index is 12.9. The minimum Gasteiger partial charge on any atom is -0.493 e. The van der Waals surface area contributed by atoms with Crippen LogP contribution < -0.4 is 4.74 Å². The number of para-hydroxylation sites is 2. The van der Waals surface area contributed by atoms with E-state index in [0.29, 0.717) is 26.1 Å². The van der Waals surface area contributed by atoms with Crippen LogP contribution in [0.25, 0.3) is 21.8 Å². The van der Waals surface area contributed by atoms with Crippen LogP contribution in [0.15, 0.2) is 97.1 Å². The van der Waals surface area contributed by atoms with Crippen molar-refractivity contribution in [3.8, 4) is 5.75 Å². The molecule has 1 saturated heterocycles. The van der Waals surface area contributed by atoms with Crippen LogP contribution in [0.2, 0.25) is 0 Å². The summed E-state index contributed by atoms with van der Waals surface area (Å²) in [6.45, 7) is 2.76. The van der Waals surface area contributed by atoms with Crippen molar-refractivity contribution in [2.45, 2.75) is 31.8 Å². The van der Waals surface area contributed by atoms with Gasteiger partial charge in [-0.25, -0.2) is 4.98 Å². The first kappa shape index (κ1) is 22.4. The number of fused-ring (bicyclic) bond motifs is 2. The molecule has 36 heavy (non-hydrogen) atoms. The molecule has 6 rings (SSSR count). The quantitative estimate of drug-likeness (QED) is 0.252. The topological polar surface area (TPSA) is 47.4 Å². The van der Waals surface area contributed by atoms with E-state index in [1.54, 1.807) is 0 Å². The molecule has 1 unspecified atom stereocenters. The number of amides is 1. The molecular weight excluding hydrogens is 446 g/mol. The Hall–Kier alpha value is -4.12. The van der Waals surface area contributed by atoms with E-state index in [4.69, 9.17) is 9.72 Å². The Morgan fingerprint density at radius 2 is 1.64 bits per heavy atom. The Bertz CT molecular complexity index is 1500. The summed E-state index contributed by atoms with van der Waals surface area (Å²) in [5, 5.41) is 2.32. The normalized spacial score (nSPS) is 15.7. The number of carbonyl (C=O) groups is 1. The third kappa shape index (κ3) is 4.44. The number of hydrogen-bond acceptors (Lipinski definition) is 3. The van der Waals surface area contributed by atoms with Gasteiger partial charge >= 0.3 is 0 Å². The molecule has 5 nitrogen and oxygen atoms in total. The van der Waals surface area contributed by atoms with Crippen LogP contribution in [0.4, 0.5) is 0 Å². The number of benzene rings is 4. The number of imidazole rings is 1. The van der Waals surface area contributed by atoms with Gasteiger partial charge < -0.3 is 14.2 Å². The van der Waals surface area contributed by atoms with Gasteiger partial charge in [-0.3, -0.25) is 4.79 Å². The van der Waals surface area contributed by atoms with Crippen LogP contribution in [0.1, 0.15) is 30.1 Å². The van der Waals surface area contributed by atoms with Gasteiger partial charge in [-0.2, -0.15) is 0 Å². The molecule has 1 aliphatic rings. The number of aromatic nitrogens is 2. The van der Waals surface area contributed by atoms with Crippen molar-refractivity contribution >= 4 is 27.7 Å². The van der Waals surface area contributed by atoms with Crippen LogP contribution in [0.3, 0.4) is 0 Å². The number of carbonyl (C=O) groups excluding carboxylic acids is 1. The van der Waals surface area contributed by atoms with Crippen molar-refractivity contribution < 1.29 is 9.53 Å². The van der Waals surface area contributed by atoms with Crippen LogP contribution in [0.5, 0.6) is 5.75 Å². The molecule has 1 atom stereocenters. The van der Waals surface area contributed by atoms with Crippen molar-refractivity contribution in [2.75, 3.05) is 13.2 Å². The number of aryl methyl sites for hydroxylation is 1. The lowest BCUT2D eigenvalue weighted by Crippen LogP contribution is -2.24. The standard InChI is InChI=1S/C31H29N3O2/c35-30-20-25(22-33(30)21-23-10-2-1-3-11-23)31-32-27-15-6-7-16-28(27)34(31)18-9-19-36-29-17-8-13-24-12-4-5-14-26(24)29/h1-8,10-17,25H,9,18-22H2. The molecule has 0 N–H and O–H groups in total. The van der Waals surface area contributed by atoms with E-state index < -0.39 is 0 Å². The molecule has 5 heteroatoms. The Kier molecular flexibility index (Phi) is 6.12. The van der Waals surface area contributed by atoms with Crippen LogP contribution in [-0.2, 0) is 17.9 Å². The Morgan fingerprint density at radius 1 is 0.861 bits per heavy atom. The molecule has 2 heterocycles. The Labute approximate surface area is 210 Å². The van der Waals surface area contributed by atoms with Gasteiger partial charge in [0.25, 0.3) is 0 Å². The van der Waals surface area contributed by atoms with Crippen LogP contribution >= 0.6 is 0 Å². The van der Waals surface area contributed by atoms with Gasteiger partial charge in [0.15, 0.2) is 0 Å². The third-order valence-electron chi connectivity index (χ3n) is 7.01. The van der Waals surface area contributed by atoms with Crippen LogP contribution in [0, 0.1) is 0 Å². The first-order valence-electron chi connectivity index (χ1n) is 12.6. The summed E-state index contributed by atoms with van der Waals surface area (Å²) in [6.07, 6.45) is 1.35. The zero-order chi connectivity index (χ0) is 24.3. The van der Waals surface area contributed by atoms with Gasteiger partial charge in [0.1, 0.15) is 11.6 Å². The van der Waals surface area contributed by atoms with Gasteiger partial charge in [0.05, 0.1) is 17.6 Å². The van der Waals surface area contributed by atoms with Crippen molar-refractivity contribution in [1.82, 2.24) is 14.5 Å². The van der Waals surface area contributed by atoms with Gasteiger partial charge in [-0.15, -0.1) is 0 Å². The molecule has 4 aromatic carbocycles. The van der Waals surface area contributed by atoms with Crippen molar-refractivity contribution in [3.63, 3.8) is 0 Å². The van der Waals surface area contributed by atoms with E-state index in [1.165, 1.54) is 5.39 Å². The number of nitrogens with zero attached hydrogens (tertiary/aromatic N) is 3. The second kappa shape index (κ2) is 9.86. The molecule has 0 radical (unpaired) electrons. The molecule has 0 bridgehead atoms. The largest absolute Gasteiger partial charge is 0.493 e. The highest BCUT2D eigenvalue weighted by Crippen LogP contribution is 2.32. The van der Waals surface area contributed by atoms with Gasteiger partial charge in [0.2, 0.25) is 5.91 Å². The molecular formula is C31H29N3O2. The van der Waals surface area contributed by atoms with Crippen molar-refractivity contribution in [1.29, 1.82) is 0 Å².